The van der Waals surface area contributed by atoms with E-state index >= 15 is 0 Å². The van der Waals surface area contributed by atoms with E-state index in [-0.39, 0.29) is 18.1 Å². The van der Waals surface area contributed by atoms with Crippen molar-refractivity contribution in [1.29, 1.82) is 0 Å². The molecule has 1 rings (SSSR count). The average molecular weight is 230 g/mol. The summed E-state index contributed by atoms with van der Waals surface area (Å²) in [5.74, 6) is -0.196. The van der Waals surface area contributed by atoms with E-state index in [1.54, 1.807) is 0 Å². The van der Waals surface area contributed by atoms with Crippen molar-refractivity contribution in [3.63, 3.8) is 0 Å². The molecule has 94 valence electrons. The molecule has 0 bridgehead atoms. The lowest BCUT2D eigenvalue weighted by Gasteiger charge is -2.40. The second kappa shape index (κ2) is 6.18. The van der Waals surface area contributed by atoms with Crippen LogP contribution in [0.25, 0.3) is 0 Å². The smallest absolute Gasteiger partial charge is 0.307 e. The van der Waals surface area contributed by atoms with E-state index in [9.17, 15) is 4.79 Å². The summed E-state index contributed by atoms with van der Waals surface area (Å²) >= 11 is 0. The molecule has 0 aromatic rings. The van der Waals surface area contributed by atoms with E-state index in [1.807, 2.05) is 6.92 Å². The molecule has 0 radical (unpaired) electrons. The molecule has 0 amide bonds. The molecule has 16 heavy (non-hydrogen) atoms. The first kappa shape index (κ1) is 13.4. The first-order valence-electron chi connectivity index (χ1n) is 5.75. The summed E-state index contributed by atoms with van der Waals surface area (Å²) < 4.78 is 10.3. The Kier molecular flexibility index (Phi) is 5.18. The van der Waals surface area contributed by atoms with E-state index in [0.717, 1.165) is 6.54 Å². The van der Waals surface area contributed by atoms with Gasteiger partial charge in [-0.1, -0.05) is 0 Å². The predicted molar refractivity (Wildman–Crippen MR) is 60.8 cm³/mol. The highest BCUT2D eigenvalue weighted by molar-refractivity contribution is 5.70. The lowest BCUT2D eigenvalue weighted by atomic mass is 10.1. The molecule has 0 aliphatic carbocycles. The third kappa shape index (κ3) is 3.73. The summed E-state index contributed by atoms with van der Waals surface area (Å²) in [7, 11) is 1.41. The van der Waals surface area contributed by atoms with Gasteiger partial charge in [-0.25, -0.2) is 5.01 Å². The second-order valence-electron chi connectivity index (χ2n) is 4.40. The van der Waals surface area contributed by atoms with Crippen molar-refractivity contribution in [3.8, 4) is 0 Å². The van der Waals surface area contributed by atoms with Gasteiger partial charge in [0, 0.05) is 12.6 Å². The standard InChI is InChI=1S/C11H22N2O3/c1-8(2)12-13-5-6-16-9(3)10(13)7-11(14)15-4/h8-10,12H,5-7H2,1-4H3. The topological polar surface area (TPSA) is 50.8 Å². The molecule has 1 aliphatic rings. The molecule has 1 saturated heterocycles. The van der Waals surface area contributed by atoms with Crippen LogP contribution in [0.15, 0.2) is 0 Å². The Bertz CT molecular complexity index is 233. The number of nitrogens with zero attached hydrogens (tertiary/aromatic N) is 1. The molecular weight excluding hydrogens is 208 g/mol. The monoisotopic (exact) mass is 230 g/mol. The lowest BCUT2D eigenvalue weighted by Crippen LogP contribution is -2.58. The van der Waals surface area contributed by atoms with Crippen LogP contribution in [0.5, 0.6) is 0 Å². The molecule has 5 heteroatoms. The number of carbonyl (C=O) groups is 1. The molecule has 2 unspecified atom stereocenters. The number of morpholine rings is 1. The maximum absolute atomic E-state index is 11.3. The third-order valence-corrected chi connectivity index (χ3v) is 2.68. The van der Waals surface area contributed by atoms with E-state index in [0.29, 0.717) is 19.1 Å². The van der Waals surface area contributed by atoms with E-state index in [4.69, 9.17) is 9.47 Å². The Hall–Kier alpha value is -0.650. The fourth-order valence-electron chi connectivity index (χ4n) is 1.89. The molecule has 2 atom stereocenters. The van der Waals surface area contributed by atoms with Crippen molar-refractivity contribution in [2.24, 2.45) is 0 Å². The zero-order valence-corrected chi connectivity index (χ0v) is 10.5. The van der Waals surface area contributed by atoms with Gasteiger partial charge in [0.15, 0.2) is 0 Å². The van der Waals surface area contributed by atoms with Gasteiger partial charge >= 0.3 is 5.97 Å². The first-order chi connectivity index (χ1) is 7.54. The summed E-state index contributed by atoms with van der Waals surface area (Å²) in [6.07, 6.45) is 0.399. The Balaban J connectivity index is 2.59. The number of carbonyl (C=O) groups excluding carboxylic acids is 1. The molecule has 1 aliphatic heterocycles. The van der Waals surface area contributed by atoms with Crippen LogP contribution in [0.4, 0.5) is 0 Å². The number of ether oxygens (including phenoxy) is 2. The van der Waals surface area contributed by atoms with Gasteiger partial charge in [-0.2, -0.15) is 0 Å². The lowest BCUT2D eigenvalue weighted by molar-refractivity contribution is -0.148. The van der Waals surface area contributed by atoms with Gasteiger partial charge in [0.25, 0.3) is 0 Å². The summed E-state index contributed by atoms with van der Waals surface area (Å²) in [6, 6.07) is 0.397. The summed E-state index contributed by atoms with van der Waals surface area (Å²) in [5, 5.41) is 2.09. The average Bonchev–Trinajstić information content (AvgIpc) is 2.22. The van der Waals surface area contributed by atoms with Crippen LogP contribution in [0.1, 0.15) is 27.2 Å². The summed E-state index contributed by atoms with van der Waals surface area (Å²) in [5.41, 5.74) is 3.34. The molecular formula is C11H22N2O3. The highest BCUT2D eigenvalue weighted by atomic mass is 16.5. The van der Waals surface area contributed by atoms with Crippen LogP contribution in [0.2, 0.25) is 0 Å². The second-order valence-corrected chi connectivity index (χ2v) is 4.40. The zero-order valence-electron chi connectivity index (χ0n) is 10.5. The number of rotatable bonds is 4. The van der Waals surface area contributed by atoms with Crippen LogP contribution in [-0.4, -0.2) is 49.4 Å². The first-order valence-corrected chi connectivity index (χ1v) is 5.75. The SMILES string of the molecule is COC(=O)CC1C(C)OCCN1NC(C)C. The number of esters is 1. The maximum atomic E-state index is 11.3. The van der Waals surface area contributed by atoms with Gasteiger partial charge in [-0.15, -0.1) is 0 Å². The minimum absolute atomic E-state index is 0.0408. The molecule has 0 aromatic carbocycles. The number of hydrazine groups is 1. The van der Waals surface area contributed by atoms with E-state index in [1.165, 1.54) is 7.11 Å². The summed E-state index contributed by atoms with van der Waals surface area (Å²) in [6.45, 7) is 7.63. The molecule has 0 spiro atoms. The Labute approximate surface area is 97.1 Å². The highest BCUT2D eigenvalue weighted by Gasteiger charge is 2.31. The van der Waals surface area contributed by atoms with Crippen LogP contribution in [-0.2, 0) is 14.3 Å². The molecule has 1 fully saturated rings. The van der Waals surface area contributed by atoms with Gasteiger partial charge in [-0.05, 0) is 20.8 Å². The number of hydrogen-bond donors (Lipinski definition) is 1. The van der Waals surface area contributed by atoms with Gasteiger partial charge in [0.1, 0.15) is 0 Å². The van der Waals surface area contributed by atoms with Gasteiger partial charge in [0.05, 0.1) is 32.3 Å². The van der Waals surface area contributed by atoms with E-state index < -0.39 is 0 Å². The zero-order chi connectivity index (χ0) is 12.1. The molecule has 1 heterocycles. The van der Waals surface area contributed by atoms with Crippen molar-refractivity contribution in [3.05, 3.63) is 0 Å². The largest absolute Gasteiger partial charge is 0.469 e. The molecule has 0 aromatic heterocycles. The molecule has 5 nitrogen and oxygen atoms in total. The van der Waals surface area contributed by atoms with Crippen LogP contribution in [0.3, 0.4) is 0 Å². The number of nitrogens with one attached hydrogen (secondary N) is 1. The fourth-order valence-corrected chi connectivity index (χ4v) is 1.89. The Morgan fingerprint density at radius 1 is 1.62 bits per heavy atom. The van der Waals surface area contributed by atoms with Crippen molar-refractivity contribution in [2.75, 3.05) is 20.3 Å². The molecule has 1 N–H and O–H groups in total. The number of methoxy groups -OCH3 is 1. The Morgan fingerprint density at radius 2 is 2.31 bits per heavy atom. The number of hydrogen-bond acceptors (Lipinski definition) is 5. The van der Waals surface area contributed by atoms with E-state index in [2.05, 4.69) is 24.3 Å². The van der Waals surface area contributed by atoms with Crippen molar-refractivity contribution >= 4 is 5.97 Å². The van der Waals surface area contributed by atoms with Gasteiger partial charge < -0.3 is 9.47 Å². The van der Waals surface area contributed by atoms with Crippen LogP contribution >= 0.6 is 0 Å². The molecule has 0 saturated carbocycles. The quantitative estimate of drug-likeness (QED) is 0.715. The fraction of sp³-hybridized carbons (Fsp3) is 0.909. The maximum Gasteiger partial charge on any atom is 0.307 e. The van der Waals surface area contributed by atoms with Crippen molar-refractivity contribution < 1.29 is 14.3 Å². The minimum Gasteiger partial charge on any atom is -0.469 e. The van der Waals surface area contributed by atoms with Crippen LogP contribution < -0.4 is 5.43 Å². The van der Waals surface area contributed by atoms with Crippen LogP contribution in [0, 0.1) is 0 Å². The van der Waals surface area contributed by atoms with Crippen molar-refractivity contribution in [2.45, 2.75) is 45.4 Å². The third-order valence-electron chi connectivity index (χ3n) is 2.68. The minimum atomic E-state index is -0.196. The summed E-state index contributed by atoms with van der Waals surface area (Å²) in [4.78, 5) is 11.3. The Morgan fingerprint density at radius 3 is 2.88 bits per heavy atom. The normalized spacial score (nSPS) is 27.1. The van der Waals surface area contributed by atoms with Gasteiger partial charge in [-0.3, -0.25) is 10.2 Å². The highest BCUT2D eigenvalue weighted by Crippen LogP contribution is 2.16. The van der Waals surface area contributed by atoms with Gasteiger partial charge in [0.2, 0.25) is 0 Å². The predicted octanol–water partition coefficient (Wildman–Crippen LogP) is 0.552. The van der Waals surface area contributed by atoms with Crippen molar-refractivity contribution in [1.82, 2.24) is 10.4 Å².